The van der Waals surface area contributed by atoms with Crippen LogP contribution >= 0.6 is 31.9 Å². The molecular formula is C9H6Br2N2O. The molecule has 0 saturated heterocycles. The molecule has 1 rings (SSSR count). The second-order valence-electron chi connectivity index (χ2n) is 2.38. The van der Waals surface area contributed by atoms with Crippen molar-refractivity contribution in [2.75, 3.05) is 6.54 Å². The molecule has 0 fully saturated rings. The van der Waals surface area contributed by atoms with Gasteiger partial charge in [-0.1, -0.05) is 5.92 Å². The highest BCUT2D eigenvalue weighted by molar-refractivity contribution is 9.13. The first-order valence-corrected chi connectivity index (χ1v) is 5.26. The number of amides is 1. The average molecular weight is 318 g/mol. The van der Waals surface area contributed by atoms with Gasteiger partial charge in [0, 0.05) is 6.20 Å². The van der Waals surface area contributed by atoms with Crippen molar-refractivity contribution in [3.63, 3.8) is 0 Å². The van der Waals surface area contributed by atoms with E-state index < -0.39 is 0 Å². The van der Waals surface area contributed by atoms with Crippen LogP contribution in [0.25, 0.3) is 0 Å². The number of carbonyl (C=O) groups is 1. The van der Waals surface area contributed by atoms with Crippen molar-refractivity contribution >= 4 is 37.8 Å². The molecule has 5 heteroatoms. The van der Waals surface area contributed by atoms with Gasteiger partial charge in [0.15, 0.2) is 0 Å². The molecule has 0 aliphatic heterocycles. The molecule has 0 saturated carbocycles. The van der Waals surface area contributed by atoms with Gasteiger partial charge in [-0.25, -0.2) is 4.98 Å². The van der Waals surface area contributed by atoms with E-state index in [0.717, 1.165) is 4.47 Å². The molecule has 1 amide bonds. The quantitative estimate of drug-likeness (QED) is 0.669. The van der Waals surface area contributed by atoms with Crippen molar-refractivity contribution in [1.29, 1.82) is 0 Å². The number of carbonyl (C=O) groups excluding carboxylic acids is 1. The summed E-state index contributed by atoms with van der Waals surface area (Å²) < 4.78 is 1.39. The first-order valence-electron chi connectivity index (χ1n) is 3.68. The van der Waals surface area contributed by atoms with E-state index in [0.29, 0.717) is 10.2 Å². The van der Waals surface area contributed by atoms with Gasteiger partial charge in [0.2, 0.25) is 0 Å². The normalized spacial score (nSPS) is 9.21. The van der Waals surface area contributed by atoms with E-state index in [2.05, 4.69) is 48.1 Å². The monoisotopic (exact) mass is 316 g/mol. The van der Waals surface area contributed by atoms with Crippen LogP contribution in [0.5, 0.6) is 0 Å². The van der Waals surface area contributed by atoms with E-state index >= 15 is 0 Å². The number of rotatable bonds is 2. The predicted molar refractivity (Wildman–Crippen MR) is 60.8 cm³/mol. The van der Waals surface area contributed by atoms with Gasteiger partial charge in [0.1, 0.15) is 4.60 Å². The SMILES string of the molecule is C#CCNC(=O)c1cnc(Br)c(Br)c1. The molecule has 1 aromatic rings. The summed E-state index contributed by atoms with van der Waals surface area (Å²) in [6.07, 6.45) is 6.48. The zero-order chi connectivity index (χ0) is 10.6. The molecule has 1 N–H and O–H groups in total. The molecule has 14 heavy (non-hydrogen) atoms. The number of terminal acetylenes is 1. The molecule has 3 nitrogen and oxygen atoms in total. The first kappa shape index (κ1) is 11.2. The lowest BCUT2D eigenvalue weighted by Crippen LogP contribution is -2.23. The highest BCUT2D eigenvalue weighted by Gasteiger charge is 2.07. The topological polar surface area (TPSA) is 42.0 Å². The smallest absolute Gasteiger partial charge is 0.253 e. The standard InChI is InChI=1S/C9H6Br2N2O/c1-2-3-12-9(14)6-4-7(10)8(11)13-5-6/h1,4-5H,3H2,(H,12,14). The Morgan fingerprint density at radius 3 is 2.93 bits per heavy atom. The van der Waals surface area contributed by atoms with Gasteiger partial charge in [-0.2, -0.15) is 0 Å². The van der Waals surface area contributed by atoms with Crippen molar-refractivity contribution in [2.45, 2.75) is 0 Å². The lowest BCUT2D eigenvalue weighted by Gasteiger charge is -2.02. The molecule has 0 spiro atoms. The first-order chi connectivity index (χ1) is 6.65. The van der Waals surface area contributed by atoms with Crippen molar-refractivity contribution in [2.24, 2.45) is 0 Å². The van der Waals surface area contributed by atoms with Crippen LogP contribution in [-0.2, 0) is 0 Å². The van der Waals surface area contributed by atoms with Gasteiger partial charge >= 0.3 is 0 Å². The van der Waals surface area contributed by atoms with Gasteiger partial charge in [-0.05, 0) is 37.9 Å². The summed E-state index contributed by atoms with van der Waals surface area (Å²) in [7, 11) is 0. The van der Waals surface area contributed by atoms with E-state index in [1.807, 2.05) is 0 Å². The zero-order valence-electron chi connectivity index (χ0n) is 7.05. The summed E-state index contributed by atoms with van der Waals surface area (Å²) in [4.78, 5) is 15.3. The summed E-state index contributed by atoms with van der Waals surface area (Å²) in [5.41, 5.74) is 0.468. The van der Waals surface area contributed by atoms with Crippen LogP contribution in [0.3, 0.4) is 0 Å². The van der Waals surface area contributed by atoms with E-state index in [9.17, 15) is 4.79 Å². The van der Waals surface area contributed by atoms with E-state index in [-0.39, 0.29) is 12.5 Å². The van der Waals surface area contributed by atoms with Crippen LogP contribution < -0.4 is 5.32 Å². The molecule has 0 aliphatic rings. The minimum Gasteiger partial charge on any atom is -0.341 e. The second-order valence-corrected chi connectivity index (χ2v) is 3.99. The van der Waals surface area contributed by atoms with Crippen molar-refractivity contribution in [1.82, 2.24) is 10.3 Å². The molecule has 0 radical (unpaired) electrons. The fraction of sp³-hybridized carbons (Fsp3) is 0.111. The highest BCUT2D eigenvalue weighted by Crippen LogP contribution is 2.20. The predicted octanol–water partition coefficient (Wildman–Crippen LogP) is 1.97. The molecule has 0 atom stereocenters. The molecule has 0 aromatic carbocycles. The van der Waals surface area contributed by atoms with E-state index in [1.54, 1.807) is 6.07 Å². The van der Waals surface area contributed by atoms with Crippen molar-refractivity contribution in [3.05, 3.63) is 26.9 Å². The Morgan fingerprint density at radius 1 is 1.64 bits per heavy atom. The van der Waals surface area contributed by atoms with Gasteiger partial charge in [0.05, 0.1) is 16.6 Å². The maximum absolute atomic E-state index is 11.4. The minimum atomic E-state index is -0.233. The number of pyridine rings is 1. The third kappa shape index (κ3) is 2.82. The number of hydrogen-bond donors (Lipinski definition) is 1. The van der Waals surface area contributed by atoms with Crippen LogP contribution in [0.2, 0.25) is 0 Å². The zero-order valence-corrected chi connectivity index (χ0v) is 10.2. The van der Waals surface area contributed by atoms with Crippen LogP contribution in [0.1, 0.15) is 10.4 Å². The Bertz CT molecular complexity index is 398. The fourth-order valence-electron chi connectivity index (χ4n) is 0.779. The summed E-state index contributed by atoms with van der Waals surface area (Å²) in [5, 5.41) is 2.54. The van der Waals surface area contributed by atoms with Crippen molar-refractivity contribution < 1.29 is 4.79 Å². The lowest BCUT2D eigenvalue weighted by atomic mass is 10.3. The largest absolute Gasteiger partial charge is 0.341 e. The number of nitrogens with one attached hydrogen (secondary N) is 1. The molecule has 0 unspecified atom stereocenters. The fourth-order valence-corrected chi connectivity index (χ4v) is 1.34. The van der Waals surface area contributed by atoms with Gasteiger partial charge in [-0.3, -0.25) is 4.79 Å². The minimum absolute atomic E-state index is 0.215. The maximum Gasteiger partial charge on any atom is 0.253 e. The second kappa shape index (κ2) is 5.13. The highest BCUT2D eigenvalue weighted by atomic mass is 79.9. The van der Waals surface area contributed by atoms with Crippen LogP contribution in [-0.4, -0.2) is 17.4 Å². The van der Waals surface area contributed by atoms with Gasteiger partial charge in [0.25, 0.3) is 5.91 Å². The maximum atomic E-state index is 11.4. The molecular weight excluding hydrogens is 312 g/mol. The molecule has 1 heterocycles. The van der Waals surface area contributed by atoms with Crippen LogP contribution in [0, 0.1) is 12.3 Å². The van der Waals surface area contributed by atoms with Crippen LogP contribution in [0.15, 0.2) is 21.3 Å². The molecule has 72 valence electrons. The van der Waals surface area contributed by atoms with Crippen molar-refractivity contribution in [3.8, 4) is 12.3 Å². The number of halogens is 2. The van der Waals surface area contributed by atoms with Gasteiger partial charge in [-0.15, -0.1) is 6.42 Å². The van der Waals surface area contributed by atoms with Crippen LogP contribution in [0.4, 0.5) is 0 Å². The molecule has 1 aromatic heterocycles. The lowest BCUT2D eigenvalue weighted by molar-refractivity contribution is 0.0958. The van der Waals surface area contributed by atoms with E-state index in [4.69, 9.17) is 6.42 Å². The van der Waals surface area contributed by atoms with Gasteiger partial charge < -0.3 is 5.32 Å². The Morgan fingerprint density at radius 2 is 2.36 bits per heavy atom. The third-order valence-electron chi connectivity index (χ3n) is 1.41. The molecule has 0 aliphatic carbocycles. The van der Waals surface area contributed by atoms with E-state index in [1.165, 1.54) is 6.20 Å². The summed E-state index contributed by atoms with van der Waals surface area (Å²) in [6, 6.07) is 1.67. The Hall–Kier alpha value is -0.860. The Labute approximate surface area is 98.6 Å². The third-order valence-corrected chi connectivity index (χ3v) is 3.18. The number of nitrogens with zero attached hydrogens (tertiary/aromatic N) is 1. The average Bonchev–Trinajstić information content (AvgIpc) is 2.18. The summed E-state index contributed by atoms with van der Waals surface area (Å²) >= 11 is 6.46. The number of aromatic nitrogens is 1. The molecule has 0 bridgehead atoms. The Kier molecular flexibility index (Phi) is 4.11. The summed E-state index contributed by atoms with van der Waals surface area (Å²) in [6.45, 7) is 0.215. The Balaban J connectivity index is 2.82. The number of hydrogen-bond acceptors (Lipinski definition) is 2. The summed E-state index contributed by atoms with van der Waals surface area (Å²) in [5.74, 6) is 2.09.